The SMILES string of the molecule is O[C@H]1CCCN(c2nc(-c3cccnc3)nc3sc4c(c23)CCCC4)C1. The number of nitrogens with zero attached hydrogens (tertiary/aromatic N) is 4. The van der Waals surface area contributed by atoms with Gasteiger partial charge in [-0.1, -0.05) is 0 Å². The van der Waals surface area contributed by atoms with Crippen LogP contribution in [-0.2, 0) is 12.8 Å². The Bertz CT molecular complexity index is 940. The minimum absolute atomic E-state index is 0.273. The fraction of sp³-hybridized carbons (Fsp3) is 0.450. The van der Waals surface area contributed by atoms with Gasteiger partial charge in [0.15, 0.2) is 5.82 Å². The standard InChI is InChI=1S/C20H22N4OS/c25-14-6-4-10-24(12-14)19-17-15-7-1-2-8-16(15)26-20(17)23-18(22-19)13-5-3-9-21-11-13/h3,5,9,11,14,25H,1-2,4,6-8,10,12H2/t14-/m0/s1. The molecule has 2 aliphatic rings. The minimum Gasteiger partial charge on any atom is -0.391 e. The van der Waals surface area contributed by atoms with Gasteiger partial charge in [-0.3, -0.25) is 4.98 Å². The second kappa shape index (κ2) is 6.59. The van der Waals surface area contributed by atoms with Crippen molar-refractivity contribution < 1.29 is 5.11 Å². The van der Waals surface area contributed by atoms with Crippen LogP contribution in [0, 0.1) is 0 Å². The Morgan fingerprint density at radius 1 is 1.15 bits per heavy atom. The van der Waals surface area contributed by atoms with E-state index < -0.39 is 0 Å². The zero-order valence-electron chi connectivity index (χ0n) is 14.7. The Labute approximate surface area is 156 Å². The second-order valence-corrected chi connectivity index (χ2v) is 8.33. The molecular formula is C20H22N4OS. The number of piperidine rings is 1. The van der Waals surface area contributed by atoms with E-state index in [4.69, 9.17) is 9.97 Å². The molecule has 1 atom stereocenters. The third-order valence-corrected chi connectivity index (χ3v) is 6.60. The van der Waals surface area contributed by atoms with Crippen LogP contribution in [0.1, 0.15) is 36.1 Å². The summed E-state index contributed by atoms with van der Waals surface area (Å²) in [6, 6.07) is 3.93. The number of thiophene rings is 1. The molecule has 1 N–H and O–H groups in total. The summed E-state index contributed by atoms with van der Waals surface area (Å²) in [5, 5.41) is 11.4. The molecule has 3 aromatic rings. The quantitative estimate of drug-likeness (QED) is 0.751. The Morgan fingerprint density at radius 2 is 2.08 bits per heavy atom. The van der Waals surface area contributed by atoms with Crippen LogP contribution in [0.4, 0.5) is 5.82 Å². The monoisotopic (exact) mass is 366 g/mol. The summed E-state index contributed by atoms with van der Waals surface area (Å²) in [7, 11) is 0. The van der Waals surface area contributed by atoms with Crippen molar-refractivity contribution in [1.82, 2.24) is 15.0 Å². The second-order valence-electron chi connectivity index (χ2n) is 7.25. The highest BCUT2D eigenvalue weighted by atomic mass is 32.1. The van der Waals surface area contributed by atoms with Gasteiger partial charge < -0.3 is 10.0 Å². The third-order valence-electron chi connectivity index (χ3n) is 5.41. The van der Waals surface area contributed by atoms with Crippen molar-refractivity contribution in [3.63, 3.8) is 0 Å². The lowest BCUT2D eigenvalue weighted by Gasteiger charge is -2.32. The predicted octanol–water partition coefficient (Wildman–Crippen LogP) is 3.59. The van der Waals surface area contributed by atoms with Crippen molar-refractivity contribution in [2.45, 2.75) is 44.6 Å². The average molecular weight is 366 g/mol. The van der Waals surface area contributed by atoms with Gasteiger partial charge in [0.25, 0.3) is 0 Å². The number of fused-ring (bicyclic) bond motifs is 3. The van der Waals surface area contributed by atoms with E-state index in [0.29, 0.717) is 6.54 Å². The van der Waals surface area contributed by atoms with Crippen LogP contribution in [-0.4, -0.2) is 39.3 Å². The normalized spacial score (nSPS) is 20.3. The van der Waals surface area contributed by atoms with Gasteiger partial charge in [0.1, 0.15) is 10.6 Å². The number of aliphatic hydroxyl groups excluding tert-OH is 1. The average Bonchev–Trinajstić information content (AvgIpc) is 3.06. The van der Waals surface area contributed by atoms with Gasteiger partial charge in [-0.2, -0.15) is 0 Å². The molecule has 0 spiro atoms. The van der Waals surface area contributed by atoms with Gasteiger partial charge in [0.2, 0.25) is 0 Å². The Morgan fingerprint density at radius 3 is 2.92 bits per heavy atom. The number of aryl methyl sites for hydroxylation is 2. The smallest absolute Gasteiger partial charge is 0.164 e. The fourth-order valence-electron chi connectivity index (χ4n) is 4.14. The fourth-order valence-corrected chi connectivity index (χ4v) is 5.39. The van der Waals surface area contributed by atoms with Crippen molar-refractivity contribution in [3.05, 3.63) is 35.0 Å². The highest BCUT2D eigenvalue weighted by Gasteiger charge is 2.26. The largest absolute Gasteiger partial charge is 0.391 e. The highest BCUT2D eigenvalue weighted by Crippen LogP contribution is 2.41. The Hall–Kier alpha value is -2.05. The number of hydrogen-bond acceptors (Lipinski definition) is 6. The molecule has 0 radical (unpaired) electrons. The molecule has 5 rings (SSSR count). The molecule has 0 saturated carbocycles. The first-order valence-electron chi connectivity index (χ1n) is 9.45. The van der Waals surface area contributed by atoms with Crippen molar-refractivity contribution in [2.75, 3.05) is 18.0 Å². The van der Waals surface area contributed by atoms with E-state index in [9.17, 15) is 5.11 Å². The van der Waals surface area contributed by atoms with Crippen LogP contribution < -0.4 is 4.90 Å². The number of rotatable bonds is 2. The molecule has 1 aliphatic heterocycles. The van der Waals surface area contributed by atoms with E-state index in [2.05, 4.69) is 9.88 Å². The molecule has 134 valence electrons. The first-order chi connectivity index (χ1) is 12.8. The molecule has 1 saturated heterocycles. The molecule has 0 unspecified atom stereocenters. The summed E-state index contributed by atoms with van der Waals surface area (Å²) < 4.78 is 0. The van der Waals surface area contributed by atoms with Crippen molar-refractivity contribution in [3.8, 4) is 11.4 Å². The maximum Gasteiger partial charge on any atom is 0.164 e. The molecule has 1 aliphatic carbocycles. The summed E-state index contributed by atoms with van der Waals surface area (Å²) in [5.41, 5.74) is 2.39. The van der Waals surface area contributed by atoms with Crippen LogP contribution >= 0.6 is 11.3 Å². The highest BCUT2D eigenvalue weighted by molar-refractivity contribution is 7.19. The molecule has 3 aromatic heterocycles. The molecule has 6 heteroatoms. The van der Waals surface area contributed by atoms with E-state index in [1.54, 1.807) is 6.20 Å². The molecular weight excluding hydrogens is 344 g/mol. The maximum absolute atomic E-state index is 10.2. The van der Waals surface area contributed by atoms with Crippen LogP contribution in [0.5, 0.6) is 0 Å². The third kappa shape index (κ3) is 2.77. The molecule has 0 aromatic carbocycles. The van der Waals surface area contributed by atoms with Crippen LogP contribution in [0.15, 0.2) is 24.5 Å². The maximum atomic E-state index is 10.2. The van der Waals surface area contributed by atoms with E-state index in [0.717, 1.165) is 54.3 Å². The number of aliphatic hydroxyl groups is 1. The summed E-state index contributed by atoms with van der Waals surface area (Å²) in [6.07, 6.45) is 9.98. The molecule has 0 bridgehead atoms. The minimum atomic E-state index is -0.273. The van der Waals surface area contributed by atoms with Gasteiger partial charge >= 0.3 is 0 Å². The lowest BCUT2D eigenvalue weighted by Crippen LogP contribution is -2.39. The van der Waals surface area contributed by atoms with Gasteiger partial charge in [0.05, 0.1) is 11.5 Å². The molecule has 4 heterocycles. The predicted molar refractivity (Wildman–Crippen MR) is 105 cm³/mol. The van der Waals surface area contributed by atoms with Gasteiger partial charge in [-0.05, 0) is 56.2 Å². The summed E-state index contributed by atoms with van der Waals surface area (Å²) in [6.45, 7) is 1.60. The summed E-state index contributed by atoms with van der Waals surface area (Å²) in [4.78, 5) is 18.9. The topological polar surface area (TPSA) is 62.1 Å². The van der Waals surface area contributed by atoms with E-state index in [-0.39, 0.29) is 6.10 Å². The number of β-amino-alcohol motifs (C(OH)–C–C–N with tert-alkyl or cyclic N) is 1. The summed E-state index contributed by atoms with van der Waals surface area (Å²) >= 11 is 1.83. The number of pyridine rings is 1. The zero-order valence-corrected chi connectivity index (χ0v) is 15.5. The van der Waals surface area contributed by atoms with Crippen molar-refractivity contribution in [1.29, 1.82) is 0 Å². The van der Waals surface area contributed by atoms with Crippen molar-refractivity contribution >= 4 is 27.4 Å². The van der Waals surface area contributed by atoms with Gasteiger partial charge in [-0.25, -0.2) is 9.97 Å². The molecule has 26 heavy (non-hydrogen) atoms. The Balaban J connectivity index is 1.72. The van der Waals surface area contributed by atoms with E-state index in [1.165, 1.54) is 28.7 Å². The van der Waals surface area contributed by atoms with Gasteiger partial charge in [-0.15, -0.1) is 11.3 Å². The summed E-state index contributed by atoms with van der Waals surface area (Å²) in [5.74, 6) is 1.74. The zero-order chi connectivity index (χ0) is 17.5. The molecule has 0 amide bonds. The first-order valence-corrected chi connectivity index (χ1v) is 10.3. The van der Waals surface area contributed by atoms with Crippen LogP contribution in [0.2, 0.25) is 0 Å². The molecule has 1 fully saturated rings. The lowest BCUT2D eigenvalue weighted by atomic mass is 9.96. The van der Waals surface area contributed by atoms with Crippen LogP contribution in [0.3, 0.4) is 0 Å². The lowest BCUT2D eigenvalue weighted by molar-refractivity contribution is 0.154. The van der Waals surface area contributed by atoms with Crippen LogP contribution in [0.25, 0.3) is 21.6 Å². The Kier molecular flexibility index (Phi) is 4.10. The van der Waals surface area contributed by atoms with Gasteiger partial charge in [0, 0.05) is 35.9 Å². The molecule has 5 nitrogen and oxygen atoms in total. The number of aromatic nitrogens is 3. The first kappa shape index (κ1) is 16.1. The van der Waals surface area contributed by atoms with E-state index >= 15 is 0 Å². The number of hydrogen-bond donors (Lipinski definition) is 1. The number of anilines is 1. The van der Waals surface area contributed by atoms with Crippen molar-refractivity contribution in [2.24, 2.45) is 0 Å². The van der Waals surface area contributed by atoms with E-state index in [1.807, 2.05) is 29.7 Å².